The third-order valence-corrected chi connectivity index (χ3v) is 3.46. The molecule has 1 aliphatic rings. The molecule has 0 aliphatic carbocycles. The number of hydrogen-bond acceptors (Lipinski definition) is 4. The Morgan fingerprint density at radius 1 is 1.55 bits per heavy atom. The molecule has 1 unspecified atom stereocenters. The van der Waals surface area contributed by atoms with Crippen LogP contribution in [0.4, 0.5) is 0 Å². The molecule has 2 rings (SSSR count). The zero-order chi connectivity index (χ0) is 14.3. The number of rotatable bonds is 6. The molecule has 1 fully saturated rings. The second kappa shape index (κ2) is 7.24. The van der Waals surface area contributed by atoms with Crippen molar-refractivity contribution in [3.8, 4) is 5.75 Å². The molecule has 2 heterocycles. The predicted octanol–water partition coefficient (Wildman–Crippen LogP) is 1.93. The second-order valence-electron chi connectivity index (χ2n) is 5.18. The Morgan fingerprint density at radius 2 is 2.45 bits per heavy atom. The first-order chi connectivity index (χ1) is 9.71. The maximum absolute atomic E-state index is 12.1. The van der Waals surface area contributed by atoms with E-state index in [1.807, 2.05) is 19.1 Å². The van der Waals surface area contributed by atoms with Crippen LogP contribution in [0.1, 0.15) is 32.6 Å². The van der Waals surface area contributed by atoms with Gasteiger partial charge in [-0.2, -0.15) is 0 Å². The van der Waals surface area contributed by atoms with Crippen molar-refractivity contribution in [2.75, 3.05) is 19.8 Å². The summed E-state index contributed by atoms with van der Waals surface area (Å²) < 4.78 is 11.1. The van der Waals surface area contributed by atoms with E-state index in [1.54, 1.807) is 12.4 Å². The molecule has 1 saturated heterocycles. The van der Waals surface area contributed by atoms with Gasteiger partial charge in [0.1, 0.15) is 11.4 Å². The number of aromatic nitrogens is 1. The van der Waals surface area contributed by atoms with Gasteiger partial charge in [0.05, 0.1) is 12.8 Å². The lowest BCUT2D eigenvalue weighted by molar-refractivity contribution is -0.150. The van der Waals surface area contributed by atoms with E-state index in [0.29, 0.717) is 19.8 Å². The van der Waals surface area contributed by atoms with E-state index in [4.69, 9.17) is 9.47 Å². The fourth-order valence-electron chi connectivity index (χ4n) is 2.20. The quantitative estimate of drug-likeness (QED) is 0.808. The van der Waals surface area contributed by atoms with E-state index in [9.17, 15) is 4.79 Å². The van der Waals surface area contributed by atoms with Crippen molar-refractivity contribution in [3.05, 3.63) is 24.5 Å². The Morgan fingerprint density at radius 3 is 3.15 bits per heavy atom. The summed E-state index contributed by atoms with van der Waals surface area (Å²) in [4.78, 5) is 16.0. The highest BCUT2D eigenvalue weighted by Gasteiger charge is 2.35. The molecule has 1 aliphatic heterocycles. The van der Waals surface area contributed by atoms with E-state index < -0.39 is 5.60 Å². The van der Waals surface area contributed by atoms with Gasteiger partial charge in [-0.25, -0.2) is 0 Å². The Balaban J connectivity index is 1.62. The normalized spacial score (nSPS) is 22.2. The van der Waals surface area contributed by atoms with E-state index >= 15 is 0 Å². The summed E-state index contributed by atoms with van der Waals surface area (Å²) in [5, 5.41) is 2.92. The van der Waals surface area contributed by atoms with Crippen molar-refractivity contribution in [2.24, 2.45) is 0 Å². The summed E-state index contributed by atoms with van der Waals surface area (Å²) in [6, 6.07) is 3.70. The number of pyridine rings is 1. The van der Waals surface area contributed by atoms with E-state index in [2.05, 4.69) is 10.3 Å². The van der Waals surface area contributed by atoms with Gasteiger partial charge in [0.25, 0.3) is 5.91 Å². The fraction of sp³-hybridized carbons (Fsp3) is 0.600. The summed E-state index contributed by atoms with van der Waals surface area (Å²) in [7, 11) is 0. The summed E-state index contributed by atoms with van der Waals surface area (Å²) in [6.45, 7) is 3.70. The minimum absolute atomic E-state index is 0.0152. The maximum Gasteiger partial charge on any atom is 0.251 e. The average Bonchev–Trinajstić information content (AvgIpc) is 2.48. The van der Waals surface area contributed by atoms with E-state index in [1.165, 1.54) is 0 Å². The molecule has 0 spiro atoms. The highest BCUT2D eigenvalue weighted by molar-refractivity contribution is 5.84. The van der Waals surface area contributed by atoms with Crippen LogP contribution < -0.4 is 10.1 Å². The maximum atomic E-state index is 12.1. The topological polar surface area (TPSA) is 60.5 Å². The minimum atomic E-state index is -0.650. The van der Waals surface area contributed by atoms with Gasteiger partial charge in [0.15, 0.2) is 0 Å². The van der Waals surface area contributed by atoms with Gasteiger partial charge in [0, 0.05) is 19.3 Å². The Hall–Kier alpha value is -1.62. The van der Waals surface area contributed by atoms with Gasteiger partial charge in [-0.05, 0) is 44.7 Å². The van der Waals surface area contributed by atoms with Crippen LogP contribution in [0, 0.1) is 0 Å². The molecule has 1 aromatic rings. The Labute approximate surface area is 119 Å². The number of hydrogen-bond donors (Lipinski definition) is 1. The lowest BCUT2D eigenvalue weighted by Crippen LogP contribution is -2.48. The van der Waals surface area contributed by atoms with Gasteiger partial charge < -0.3 is 14.8 Å². The number of ether oxygens (including phenoxy) is 2. The molecule has 0 bridgehead atoms. The van der Waals surface area contributed by atoms with Crippen LogP contribution in [-0.4, -0.2) is 36.3 Å². The third-order valence-electron chi connectivity index (χ3n) is 3.46. The molecular weight excluding hydrogens is 256 g/mol. The number of nitrogens with zero attached hydrogens (tertiary/aromatic N) is 1. The predicted molar refractivity (Wildman–Crippen MR) is 75.6 cm³/mol. The summed E-state index contributed by atoms with van der Waals surface area (Å²) >= 11 is 0. The van der Waals surface area contributed by atoms with Gasteiger partial charge in [-0.1, -0.05) is 0 Å². The first-order valence-electron chi connectivity index (χ1n) is 7.16. The summed E-state index contributed by atoms with van der Waals surface area (Å²) in [5.41, 5.74) is -0.650. The molecule has 0 saturated carbocycles. The summed E-state index contributed by atoms with van der Waals surface area (Å²) in [6.07, 6.45) is 7.03. The standard InChI is InChI=1S/C15H22N2O3/c1-15(7-2-3-11-20-15)14(18)17-9-5-10-19-13-6-4-8-16-12-13/h4,6,8,12H,2-3,5,7,9-11H2,1H3,(H,17,18). The van der Waals surface area contributed by atoms with Crippen LogP contribution in [0.25, 0.3) is 0 Å². The minimum Gasteiger partial charge on any atom is -0.492 e. The molecule has 0 aromatic carbocycles. The molecule has 0 radical (unpaired) electrons. The van der Waals surface area contributed by atoms with Crippen LogP contribution in [0.15, 0.2) is 24.5 Å². The smallest absolute Gasteiger partial charge is 0.251 e. The molecule has 5 nitrogen and oxygen atoms in total. The third kappa shape index (κ3) is 4.20. The largest absolute Gasteiger partial charge is 0.492 e. The number of carbonyl (C=O) groups is 1. The highest BCUT2D eigenvalue weighted by Crippen LogP contribution is 2.24. The lowest BCUT2D eigenvalue weighted by atomic mass is 9.95. The number of carbonyl (C=O) groups excluding carboxylic acids is 1. The van der Waals surface area contributed by atoms with Crippen LogP contribution in [0.5, 0.6) is 5.75 Å². The van der Waals surface area contributed by atoms with Crippen molar-refractivity contribution < 1.29 is 14.3 Å². The van der Waals surface area contributed by atoms with Gasteiger partial charge in [-0.15, -0.1) is 0 Å². The van der Waals surface area contributed by atoms with E-state index in [-0.39, 0.29) is 5.91 Å². The molecular formula is C15H22N2O3. The molecule has 20 heavy (non-hydrogen) atoms. The van der Waals surface area contributed by atoms with Crippen molar-refractivity contribution in [3.63, 3.8) is 0 Å². The molecule has 1 aromatic heterocycles. The molecule has 1 atom stereocenters. The molecule has 1 N–H and O–H groups in total. The van der Waals surface area contributed by atoms with Crippen LogP contribution in [-0.2, 0) is 9.53 Å². The SMILES string of the molecule is CC1(C(=O)NCCCOc2cccnc2)CCCCO1. The average molecular weight is 278 g/mol. The molecule has 5 heteroatoms. The van der Waals surface area contributed by atoms with Crippen molar-refractivity contribution >= 4 is 5.91 Å². The first-order valence-corrected chi connectivity index (χ1v) is 7.16. The molecule has 110 valence electrons. The monoisotopic (exact) mass is 278 g/mol. The highest BCUT2D eigenvalue weighted by atomic mass is 16.5. The first kappa shape index (κ1) is 14.8. The van der Waals surface area contributed by atoms with Gasteiger partial charge in [-0.3, -0.25) is 9.78 Å². The zero-order valence-corrected chi connectivity index (χ0v) is 11.9. The van der Waals surface area contributed by atoms with Crippen molar-refractivity contribution in [2.45, 2.75) is 38.2 Å². The van der Waals surface area contributed by atoms with Gasteiger partial charge in [0.2, 0.25) is 0 Å². The second-order valence-corrected chi connectivity index (χ2v) is 5.18. The number of nitrogens with one attached hydrogen (secondary N) is 1. The van der Waals surface area contributed by atoms with Crippen LogP contribution >= 0.6 is 0 Å². The zero-order valence-electron chi connectivity index (χ0n) is 11.9. The number of amides is 1. The van der Waals surface area contributed by atoms with Crippen LogP contribution in [0.3, 0.4) is 0 Å². The van der Waals surface area contributed by atoms with Crippen molar-refractivity contribution in [1.29, 1.82) is 0 Å². The Kier molecular flexibility index (Phi) is 5.35. The fourth-order valence-corrected chi connectivity index (χ4v) is 2.20. The summed E-state index contributed by atoms with van der Waals surface area (Å²) in [5.74, 6) is 0.736. The molecule has 1 amide bonds. The van der Waals surface area contributed by atoms with Gasteiger partial charge >= 0.3 is 0 Å². The van der Waals surface area contributed by atoms with Crippen LogP contribution in [0.2, 0.25) is 0 Å². The Bertz CT molecular complexity index is 416. The lowest BCUT2D eigenvalue weighted by Gasteiger charge is -2.32. The van der Waals surface area contributed by atoms with E-state index in [0.717, 1.165) is 31.4 Å². The van der Waals surface area contributed by atoms with Crippen molar-refractivity contribution in [1.82, 2.24) is 10.3 Å².